The summed E-state index contributed by atoms with van der Waals surface area (Å²) in [5.74, 6) is -0.460. The van der Waals surface area contributed by atoms with Gasteiger partial charge in [-0.05, 0) is 30.3 Å². The number of aromatic nitrogens is 3. The molecule has 7 nitrogen and oxygen atoms in total. The first-order valence-electron chi connectivity index (χ1n) is 7.78. The van der Waals surface area contributed by atoms with Crippen LogP contribution in [0.25, 0.3) is 5.69 Å². The Morgan fingerprint density at radius 3 is 2.64 bits per heavy atom. The molecule has 25 heavy (non-hydrogen) atoms. The number of hydrogen-bond acceptors (Lipinski definition) is 4. The van der Waals surface area contributed by atoms with Crippen molar-refractivity contribution in [3.8, 4) is 5.69 Å². The number of carbonyl (C=O) groups excluding carboxylic acids is 2. The van der Waals surface area contributed by atoms with E-state index in [0.29, 0.717) is 11.4 Å². The molecule has 4 rings (SSSR count). The molecule has 0 N–H and O–H groups in total. The molecule has 2 amide bonds. The summed E-state index contributed by atoms with van der Waals surface area (Å²) in [7, 11) is 1.71. The number of nitrogens with zero attached hydrogens (tertiary/aromatic N) is 5. The molecule has 124 valence electrons. The van der Waals surface area contributed by atoms with Crippen LogP contribution in [-0.2, 0) is 4.79 Å². The number of pyridine rings is 1. The third kappa shape index (κ3) is 2.55. The van der Waals surface area contributed by atoms with Crippen LogP contribution >= 0.6 is 0 Å². The van der Waals surface area contributed by atoms with Crippen molar-refractivity contribution in [1.82, 2.24) is 14.8 Å². The van der Waals surface area contributed by atoms with Crippen LogP contribution in [0.5, 0.6) is 0 Å². The highest BCUT2D eigenvalue weighted by atomic mass is 16.2. The molecule has 0 radical (unpaired) electrons. The lowest BCUT2D eigenvalue weighted by molar-refractivity contribution is -0.117. The van der Waals surface area contributed by atoms with Gasteiger partial charge in [-0.3, -0.25) is 19.5 Å². The summed E-state index contributed by atoms with van der Waals surface area (Å²) in [6, 6.07) is 12.6. The number of benzene rings is 1. The molecule has 2 aromatic heterocycles. The Balaban J connectivity index is 1.73. The largest absolute Gasteiger partial charge is 0.312 e. The summed E-state index contributed by atoms with van der Waals surface area (Å²) in [4.78, 5) is 32.5. The molecular formula is C18H15N5O2. The molecule has 0 saturated carbocycles. The van der Waals surface area contributed by atoms with Gasteiger partial charge in [-0.1, -0.05) is 12.1 Å². The van der Waals surface area contributed by atoms with Gasteiger partial charge in [0.15, 0.2) is 0 Å². The lowest BCUT2D eigenvalue weighted by atomic mass is 10.1. The highest BCUT2D eigenvalue weighted by Crippen LogP contribution is 2.33. The van der Waals surface area contributed by atoms with Crippen LogP contribution in [0.4, 0.5) is 11.4 Å². The molecule has 1 aliphatic heterocycles. The van der Waals surface area contributed by atoms with Crippen LogP contribution in [0.1, 0.15) is 10.5 Å². The number of rotatable bonds is 2. The van der Waals surface area contributed by atoms with Crippen molar-refractivity contribution in [3.05, 3.63) is 66.7 Å². The average Bonchev–Trinajstić information content (AvgIpc) is 3.19. The molecule has 1 aromatic carbocycles. The van der Waals surface area contributed by atoms with Gasteiger partial charge in [0.05, 0.1) is 17.1 Å². The Labute approximate surface area is 144 Å². The molecule has 0 atom stereocenters. The summed E-state index contributed by atoms with van der Waals surface area (Å²) >= 11 is 0. The lowest BCUT2D eigenvalue weighted by Gasteiger charge is -2.33. The first kappa shape index (κ1) is 15.1. The third-order valence-electron chi connectivity index (χ3n) is 4.18. The molecule has 0 spiro atoms. The predicted octanol–water partition coefficient (Wildman–Crippen LogP) is 1.89. The fourth-order valence-corrected chi connectivity index (χ4v) is 2.86. The second-order valence-corrected chi connectivity index (χ2v) is 5.68. The summed E-state index contributed by atoms with van der Waals surface area (Å²) in [6.07, 6.45) is 5.02. The van der Waals surface area contributed by atoms with Crippen LogP contribution in [0.3, 0.4) is 0 Å². The maximum atomic E-state index is 13.0. The fourth-order valence-electron chi connectivity index (χ4n) is 2.86. The van der Waals surface area contributed by atoms with E-state index >= 15 is 0 Å². The second-order valence-electron chi connectivity index (χ2n) is 5.68. The van der Waals surface area contributed by atoms with E-state index in [1.165, 1.54) is 4.90 Å². The maximum Gasteiger partial charge on any atom is 0.277 e. The van der Waals surface area contributed by atoms with Gasteiger partial charge in [0.25, 0.3) is 5.91 Å². The van der Waals surface area contributed by atoms with Crippen LogP contribution in [0.2, 0.25) is 0 Å². The van der Waals surface area contributed by atoms with E-state index in [2.05, 4.69) is 10.1 Å². The minimum atomic E-state index is -0.317. The van der Waals surface area contributed by atoms with E-state index < -0.39 is 0 Å². The van der Waals surface area contributed by atoms with Gasteiger partial charge >= 0.3 is 0 Å². The normalized spacial score (nSPS) is 13.7. The molecule has 0 unspecified atom stereocenters. The van der Waals surface area contributed by atoms with Gasteiger partial charge in [-0.15, -0.1) is 0 Å². The van der Waals surface area contributed by atoms with E-state index in [4.69, 9.17) is 0 Å². The lowest BCUT2D eigenvalue weighted by Crippen LogP contribution is -2.46. The Bertz CT molecular complexity index is 952. The highest BCUT2D eigenvalue weighted by Gasteiger charge is 2.31. The zero-order chi connectivity index (χ0) is 17.4. The van der Waals surface area contributed by atoms with Gasteiger partial charge in [0.1, 0.15) is 12.2 Å². The number of fused-ring (bicyclic) bond motifs is 1. The van der Waals surface area contributed by atoms with Crippen LogP contribution in [-0.4, -0.2) is 40.2 Å². The first-order valence-corrected chi connectivity index (χ1v) is 7.78. The second kappa shape index (κ2) is 5.86. The topological polar surface area (TPSA) is 71.3 Å². The van der Waals surface area contributed by atoms with Crippen molar-refractivity contribution in [3.63, 3.8) is 0 Å². The Morgan fingerprint density at radius 1 is 1.08 bits per heavy atom. The van der Waals surface area contributed by atoms with Crippen LogP contribution < -0.4 is 9.80 Å². The molecular weight excluding hydrogens is 318 g/mol. The van der Waals surface area contributed by atoms with Crippen molar-refractivity contribution in [2.45, 2.75) is 0 Å². The molecule has 3 heterocycles. The summed E-state index contributed by atoms with van der Waals surface area (Å²) < 4.78 is 1.65. The fraction of sp³-hybridized carbons (Fsp3) is 0.111. The molecule has 3 aromatic rings. The molecule has 0 saturated heterocycles. The number of carbonyl (C=O) groups is 2. The van der Waals surface area contributed by atoms with E-state index in [-0.39, 0.29) is 24.1 Å². The SMILES string of the molecule is CN1C(=O)CN(C(=O)c2cc(-n3cccn3)ccn2)c2ccccc21. The van der Waals surface area contributed by atoms with E-state index in [1.807, 2.05) is 24.3 Å². The minimum absolute atomic E-state index is 0.0139. The molecule has 0 aliphatic carbocycles. The number of hydrogen-bond donors (Lipinski definition) is 0. The molecule has 1 aliphatic rings. The Kier molecular flexibility index (Phi) is 3.53. The highest BCUT2D eigenvalue weighted by molar-refractivity contribution is 6.15. The van der Waals surface area contributed by atoms with Gasteiger partial charge in [-0.25, -0.2) is 4.68 Å². The number of anilines is 2. The van der Waals surface area contributed by atoms with Gasteiger partial charge in [0, 0.05) is 25.6 Å². The molecule has 0 bridgehead atoms. The monoisotopic (exact) mass is 333 g/mol. The van der Waals surface area contributed by atoms with Crippen molar-refractivity contribution < 1.29 is 9.59 Å². The number of para-hydroxylation sites is 2. The number of amides is 2. The van der Waals surface area contributed by atoms with Crippen molar-refractivity contribution in [2.75, 3.05) is 23.4 Å². The van der Waals surface area contributed by atoms with Crippen LogP contribution in [0, 0.1) is 0 Å². The standard InChI is InChI=1S/C18H15N5O2/c1-21-15-5-2-3-6-16(15)22(12-17(21)24)18(25)14-11-13(7-9-19-14)23-10-4-8-20-23/h2-11H,12H2,1H3. The summed E-state index contributed by atoms with van der Waals surface area (Å²) in [6.45, 7) is -0.0139. The van der Waals surface area contributed by atoms with Crippen molar-refractivity contribution in [2.24, 2.45) is 0 Å². The van der Waals surface area contributed by atoms with E-state index in [9.17, 15) is 9.59 Å². The Morgan fingerprint density at radius 2 is 1.88 bits per heavy atom. The molecule has 0 fully saturated rings. The molecule has 7 heteroatoms. The van der Waals surface area contributed by atoms with Crippen molar-refractivity contribution in [1.29, 1.82) is 0 Å². The van der Waals surface area contributed by atoms with Gasteiger partial charge in [0.2, 0.25) is 5.91 Å². The predicted molar refractivity (Wildman–Crippen MR) is 92.9 cm³/mol. The van der Waals surface area contributed by atoms with Crippen molar-refractivity contribution >= 4 is 23.2 Å². The van der Waals surface area contributed by atoms with Crippen LogP contribution in [0.15, 0.2) is 61.1 Å². The smallest absolute Gasteiger partial charge is 0.277 e. The minimum Gasteiger partial charge on any atom is -0.312 e. The van der Waals surface area contributed by atoms with Gasteiger partial charge < -0.3 is 4.90 Å². The average molecular weight is 333 g/mol. The Hall–Kier alpha value is -3.48. The number of likely N-dealkylation sites (N-methyl/N-ethyl adjacent to an activating group) is 1. The third-order valence-corrected chi connectivity index (χ3v) is 4.18. The van der Waals surface area contributed by atoms with E-state index in [1.54, 1.807) is 53.4 Å². The quantitative estimate of drug-likeness (QED) is 0.718. The zero-order valence-electron chi connectivity index (χ0n) is 13.5. The first-order chi connectivity index (χ1) is 12.1. The zero-order valence-corrected chi connectivity index (χ0v) is 13.5. The van der Waals surface area contributed by atoms with E-state index in [0.717, 1.165) is 5.69 Å². The summed E-state index contributed by atoms with van der Waals surface area (Å²) in [5.41, 5.74) is 2.40. The van der Waals surface area contributed by atoms with Gasteiger partial charge in [-0.2, -0.15) is 5.10 Å². The maximum absolute atomic E-state index is 13.0. The summed E-state index contributed by atoms with van der Waals surface area (Å²) in [5, 5.41) is 4.16.